The van der Waals surface area contributed by atoms with Gasteiger partial charge in [0.15, 0.2) is 0 Å². The molecule has 0 aromatic heterocycles. The maximum absolute atomic E-state index is 8.82. The Morgan fingerprint density at radius 2 is 0.875 bits per heavy atom. The molecule has 0 heterocycles. The van der Waals surface area contributed by atoms with E-state index in [4.69, 9.17) is 31.5 Å². The average Bonchev–Trinajstić information content (AvgIpc) is 2.84. The molecule has 0 unspecified atom stereocenters. The smallest absolute Gasteiger partial charge is 0.119 e. The number of ether oxygens (including phenoxy) is 2. The third kappa shape index (κ3) is 9.39. The molecule has 2 aromatic rings. The summed E-state index contributed by atoms with van der Waals surface area (Å²) in [5.41, 5.74) is 13.0. The van der Waals surface area contributed by atoms with Crippen molar-refractivity contribution in [3.63, 3.8) is 0 Å². The number of nitriles is 2. The van der Waals surface area contributed by atoms with Crippen LogP contribution in [-0.2, 0) is 0 Å². The van der Waals surface area contributed by atoms with Crippen LogP contribution in [0.4, 0.5) is 0 Å². The molecular weight excluding hydrogens is 400 g/mol. The molecule has 170 valence electrons. The van der Waals surface area contributed by atoms with Crippen LogP contribution in [0.25, 0.3) is 0 Å². The van der Waals surface area contributed by atoms with Crippen LogP contribution in [0.15, 0.2) is 48.5 Å². The van der Waals surface area contributed by atoms with Gasteiger partial charge in [0, 0.05) is 0 Å². The standard InChI is InChI=1S/C26H34N4O2/c27-19-25(29)21-9-13-23(14-10-21)31-17-7-5-3-1-2-4-6-8-18-32-24-15-11-22(12-16-24)26(30)20-28/h9-16,25-26H,1-8,17-18,29-30H2/t25-,26-/m1/s1. The highest BCUT2D eigenvalue weighted by atomic mass is 16.5. The Hall–Kier alpha value is -3.06. The molecule has 2 atom stereocenters. The molecule has 0 bridgehead atoms. The van der Waals surface area contributed by atoms with Gasteiger partial charge in [-0.1, -0.05) is 62.8 Å². The fourth-order valence-corrected chi connectivity index (χ4v) is 3.34. The van der Waals surface area contributed by atoms with Crippen molar-refractivity contribution in [1.29, 1.82) is 10.5 Å². The summed E-state index contributed by atoms with van der Waals surface area (Å²) in [4.78, 5) is 0. The first-order valence-corrected chi connectivity index (χ1v) is 11.4. The van der Waals surface area contributed by atoms with E-state index in [1.165, 1.54) is 38.5 Å². The van der Waals surface area contributed by atoms with Crippen LogP contribution in [0, 0.1) is 22.7 Å². The lowest BCUT2D eigenvalue weighted by Crippen LogP contribution is -2.07. The van der Waals surface area contributed by atoms with E-state index in [1.807, 2.05) is 60.7 Å². The molecule has 2 rings (SSSR count). The van der Waals surface area contributed by atoms with Gasteiger partial charge in [0.25, 0.3) is 0 Å². The number of nitrogens with zero attached hydrogens (tertiary/aromatic N) is 2. The number of hydrogen-bond acceptors (Lipinski definition) is 6. The third-order valence-corrected chi connectivity index (χ3v) is 5.33. The van der Waals surface area contributed by atoms with E-state index in [0.29, 0.717) is 13.2 Å². The second kappa shape index (κ2) is 14.9. The SMILES string of the molecule is N#C[C@@H](N)c1ccc(OCCCCCCCCCCOc2ccc([C@H](N)C#N)cc2)cc1. The third-order valence-electron chi connectivity index (χ3n) is 5.33. The quantitative estimate of drug-likeness (QED) is 0.367. The number of nitrogens with two attached hydrogens (primary N) is 2. The molecule has 0 aliphatic rings. The second-order valence-corrected chi connectivity index (χ2v) is 7.88. The Morgan fingerprint density at radius 3 is 1.19 bits per heavy atom. The second-order valence-electron chi connectivity index (χ2n) is 7.88. The summed E-state index contributed by atoms with van der Waals surface area (Å²) in [5.74, 6) is 1.64. The molecule has 0 fully saturated rings. The van der Waals surface area contributed by atoms with Crippen LogP contribution in [0.3, 0.4) is 0 Å². The summed E-state index contributed by atoms with van der Waals surface area (Å²) >= 11 is 0. The van der Waals surface area contributed by atoms with Crippen molar-refractivity contribution >= 4 is 0 Å². The van der Waals surface area contributed by atoms with Gasteiger partial charge >= 0.3 is 0 Å². The van der Waals surface area contributed by atoms with E-state index in [-0.39, 0.29) is 0 Å². The molecular formula is C26H34N4O2. The van der Waals surface area contributed by atoms with Crippen molar-refractivity contribution in [1.82, 2.24) is 0 Å². The summed E-state index contributed by atoms with van der Waals surface area (Å²) in [7, 11) is 0. The minimum atomic E-state index is -0.579. The summed E-state index contributed by atoms with van der Waals surface area (Å²) in [6.45, 7) is 1.43. The molecule has 0 radical (unpaired) electrons. The largest absolute Gasteiger partial charge is 0.494 e. The monoisotopic (exact) mass is 434 g/mol. The normalized spacial score (nSPS) is 12.4. The van der Waals surface area contributed by atoms with Gasteiger partial charge < -0.3 is 20.9 Å². The molecule has 2 aromatic carbocycles. The van der Waals surface area contributed by atoms with Crippen LogP contribution in [0.2, 0.25) is 0 Å². The minimum absolute atomic E-state index is 0.579. The highest BCUT2D eigenvalue weighted by Crippen LogP contribution is 2.18. The van der Waals surface area contributed by atoms with Crippen molar-refractivity contribution in [2.75, 3.05) is 13.2 Å². The highest BCUT2D eigenvalue weighted by Gasteiger charge is 2.04. The van der Waals surface area contributed by atoms with Gasteiger partial charge in [-0.15, -0.1) is 0 Å². The molecule has 0 amide bonds. The zero-order valence-corrected chi connectivity index (χ0v) is 18.7. The summed E-state index contributed by atoms with van der Waals surface area (Å²) in [6.07, 6.45) is 9.40. The van der Waals surface area contributed by atoms with Gasteiger partial charge in [0.2, 0.25) is 0 Å². The molecule has 6 nitrogen and oxygen atoms in total. The predicted molar refractivity (Wildman–Crippen MR) is 126 cm³/mol. The zero-order chi connectivity index (χ0) is 23.0. The number of unbranched alkanes of at least 4 members (excludes halogenated alkanes) is 7. The molecule has 0 saturated carbocycles. The molecule has 6 heteroatoms. The van der Waals surface area contributed by atoms with Crippen molar-refractivity contribution in [3.05, 3.63) is 59.7 Å². The summed E-state index contributed by atoms with van der Waals surface area (Å²) < 4.78 is 11.5. The maximum atomic E-state index is 8.82. The van der Waals surface area contributed by atoms with Crippen molar-refractivity contribution in [2.24, 2.45) is 11.5 Å². The van der Waals surface area contributed by atoms with Crippen molar-refractivity contribution < 1.29 is 9.47 Å². The first kappa shape index (κ1) is 25.2. The molecule has 32 heavy (non-hydrogen) atoms. The van der Waals surface area contributed by atoms with Crippen molar-refractivity contribution in [3.8, 4) is 23.6 Å². The van der Waals surface area contributed by atoms with Gasteiger partial charge in [0.1, 0.15) is 23.6 Å². The number of benzene rings is 2. The van der Waals surface area contributed by atoms with E-state index in [1.54, 1.807) is 0 Å². The van der Waals surface area contributed by atoms with Crippen molar-refractivity contribution in [2.45, 2.75) is 63.5 Å². The molecule has 4 N–H and O–H groups in total. The Labute approximate surface area is 191 Å². The first-order valence-electron chi connectivity index (χ1n) is 11.4. The first-order chi connectivity index (χ1) is 15.6. The number of hydrogen-bond donors (Lipinski definition) is 2. The van der Waals surface area contributed by atoms with Gasteiger partial charge in [-0.25, -0.2) is 0 Å². The highest BCUT2D eigenvalue weighted by molar-refractivity contribution is 5.32. The molecule has 0 aliphatic heterocycles. The predicted octanol–water partition coefficient (Wildman–Crippen LogP) is 5.31. The molecule has 0 spiro atoms. The lowest BCUT2D eigenvalue weighted by atomic mass is 10.1. The van der Waals surface area contributed by atoms with Gasteiger partial charge in [-0.3, -0.25) is 0 Å². The van der Waals surface area contributed by atoms with Crippen LogP contribution >= 0.6 is 0 Å². The number of rotatable bonds is 15. The Morgan fingerprint density at radius 1 is 0.562 bits per heavy atom. The lowest BCUT2D eigenvalue weighted by Gasteiger charge is -2.08. The Balaban J connectivity index is 1.41. The zero-order valence-electron chi connectivity index (χ0n) is 18.7. The van der Waals surface area contributed by atoms with E-state index in [0.717, 1.165) is 35.5 Å². The van der Waals surface area contributed by atoms with Gasteiger partial charge in [-0.2, -0.15) is 10.5 Å². The molecule has 0 aliphatic carbocycles. The van der Waals surface area contributed by atoms with Crippen LogP contribution in [0.1, 0.15) is 74.6 Å². The molecule has 0 saturated heterocycles. The van der Waals surface area contributed by atoms with E-state index < -0.39 is 12.1 Å². The average molecular weight is 435 g/mol. The van der Waals surface area contributed by atoms with Gasteiger partial charge in [-0.05, 0) is 48.2 Å². The van der Waals surface area contributed by atoms with Crippen LogP contribution in [0.5, 0.6) is 11.5 Å². The fraction of sp³-hybridized carbons (Fsp3) is 0.462. The Bertz CT molecular complexity index is 780. The minimum Gasteiger partial charge on any atom is -0.494 e. The van der Waals surface area contributed by atoms with Crippen LogP contribution < -0.4 is 20.9 Å². The lowest BCUT2D eigenvalue weighted by molar-refractivity contribution is 0.301. The van der Waals surface area contributed by atoms with Crippen LogP contribution in [-0.4, -0.2) is 13.2 Å². The Kier molecular flexibility index (Phi) is 11.7. The van der Waals surface area contributed by atoms with E-state index in [9.17, 15) is 0 Å². The fourth-order valence-electron chi connectivity index (χ4n) is 3.34. The summed E-state index contributed by atoms with van der Waals surface area (Å²) in [5, 5.41) is 17.6. The van der Waals surface area contributed by atoms with E-state index >= 15 is 0 Å². The topological polar surface area (TPSA) is 118 Å². The van der Waals surface area contributed by atoms with E-state index in [2.05, 4.69) is 0 Å². The van der Waals surface area contributed by atoms with Gasteiger partial charge in [0.05, 0.1) is 25.4 Å². The summed E-state index contributed by atoms with van der Waals surface area (Å²) in [6, 6.07) is 17.7. The maximum Gasteiger partial charge on any atom is 0.119 e.